The zero-order valence-electron chi connectivity index (χ0n) is 15.5. The van der Waals surface area contributed by atoms with Gasteiger partial charge in [-0.3, -0.25) is 9.59 Å². The molecule has 2 amide bonds. The van der Waals surface area contributed by atoms with Crippen LogP contribution < -0.4 is 10.1 Å². The van der Waals surface area contributed by atoms with Crippen molar-refractivity contribution < 1.29 is 23.9 Å². The predicted octanol–water partition coefficient (Wildman–Crippen LogP) is 1.61. The summed E-state index contributed by atoms with van der Waals surface area (Å²) < 4.78 is 10.0. The number of hydrogen-bond acceptors (Lipinski definition) is 5. The third-order valence-corrected chi connectivity index (χ3v) is 3.76. The molecule has 0 atom stereocenters. The number of rotatable bonds is 7. The topological polar surface area (TPSA) is 84.9 Å². The highest BCUT2D eigenvalue weighted by Gasteiger charge is 2.08. The Morgan fingerprint density at radius 1 is 1.07 bits per heavy atom. The quantitative estimate of drug-likeness (QED) is 0.591. The Labute approximate surface area is 157 Å². The first-order valence-corrected chi connectivity index (χ1v) is 8.28. The SMILES string of the molecule is COc1ccc2cc(/C=C/C(=O)OCC(=O)NCC(=O)N(C)C)ccc2c1. The van der Waals surface area contributed by atoms with Crippen LogP contribution in [0.5, 0.6) is 5.75 Å². The molecule has 27 heavy (non-hydrogen) atoms. The number of nitrogens with zero attached hydrogens (tertiary/aromatic N) is 1. The number of carbonyl (C=O) groups excluding carboxylic acids is 3. The Hall–Kier alpha value is -3.35. The molecule has 0 heterocycles. The van der Waals surface area contributed by atoms with Gasteiger partial charge in [-0.25, -0.2) is 4.79 Å². The lowest BCUT2D eigenvalue weighted by molar-refractivity contribution is -0.144. The molecule has 0 aliphatic rings. The summed E-state index contributed by atoms with van der Waals surface area (Å²) in [6, 6.07) is 11.4. The minimum absolute atomic E-state index is 0.138. The Balaban J connectivity index is 1.86. The van der Waals surface area contributed by atoms with Crippen molar-refractivity contribution in [3.05, 3.63) is 48.0 Å². The third kappa shape index (κ3) is 6.14. The van der Waals surface area contributed by atoms with Crippen LogP contribution in [-0.2, 0) is 19.1 Å². The summed E-state index contributed by atoms with van der Waals surface area (Å²) >= 11 is 0. The van der Waals surface area contributed by atoms with E-state index in [0.717, 1.165) is 22.1 Å². The van der Waals surface area contributed by atoms with E-state index < -0.39 is 18.5 Å². The minimum atomic E-state index is -0.640. The number of methoxy groups -OCH3 is 1. The van der Waals surface area contributed by atoms with Gasteiger partial charge in [0.05, 0.1) is 13.7 Å². The van der Waals surface area contributed by atoms with Crippen molar-refractivity contribution in [2.75, 3.05) is 34.4 Å². The molecule has 0 aliphatic heterocycles. The van der Waals surface area contributed by atoms with Gasteiger partial charge >= 0.3 is 5.97 Å². The zero-order valence-corrected chi connectivity index (χ0v) is 15.5. The van der Waals surface area contributed by atoms with Crippen LogP contribution in [-0.4, -0.2) is 57.0 Å². The maximum atomic E-state index is 11.7. The number of hydrogen-bond donors (Lipinski definition) is 1. The lowest BCUT2D eigenvalue weighted by Crippen LogP contribution is -2.38. The van der Waals surface area contributed by atoms with Gasteiger partial charge in [-0.05, 0) is 40.6 Å². The molecule has 0 saturated carbocycles. The number of amides is 2. The van der Waals surface area contributed by atoms with Crippen molar-refractivity contribution in [1.29, 1.82) is 0 Å². The molecule has 7 nitrogen and oxygen atoms in total. The fraction of sp³-hybridized carbons (Fsp3) is 0.250. The summed E-state index contributed by atoms with van der Waals surface area (Å²) in [5.74, 6) is -0.644. The van der Waals surface area contributed by atoms with Crippen molar-refractivity contribution in [2.45, 2.75) is 0 Å². The number of ether oxygens (including phenoxy) is 2. The van der Waals surface area contributed by atoms with Gasteiger partial charge in [-0.15, -0.1) is 0 Å². The van der Waals surface area contributed by atoms with E-state index in [1.807, 2.05) is 36.4 Å². The van der Waals surface area contributed by atoms with Crippen LogP contribution in [0, 0.1) is 0 Å². The molecule has 0 spiro atoms. The van der Waals surface area contributed by atoms with Crippen LogP contribution in [0.15, 0.2) is 42.5 Å². The van der Waals surface area contributed by atoms with Crippen LogP contribution in [0.1, 0.15) is 5.56 Å². The van der Waals surface area contributed by atoms with Crippen LogP contribution >= 0.6 is 0 Å². The molecule has 2 aromatic rings. The summed E-state index contributed by atoms with van der Waals surface area (Å²) in [6.07, 6.45) is 2.86. The molecule has 0 bridgehead atoms. The minimum Gasteiger partial charge on any atom is -0.497 e. The molecular weight excluding hydrogens is 348 g/mol. The number of fused-ring (bicyclic) bond motifs is 1. The molecule has 0 unspecified atom stereocenters. The summed E-state index contributed by atoms with van der Waals surface area (Å²) in [7, 11) is 4.79. The number of nitrogens with one attached hydrogen (secondary N) is 1. The van der Waals surface area contributed by atoms with Gasteiger partial charge in [-0.2, -0.15) is 0 Å². The highest BCUT2D eigenvalue weighted by molar-refractivity contribution is 5.91. The Kier molecular flexibility index (Phi) is 6.93. The normalized spacial score (nSPS) is 10.6. The second-order valence-corrected chi connectivity index (χ2v) is 5.98. The van der Waals surface area contributed by atoms with E-state index in [0.29, 0.717) is 0 Å². The average Bonchev–Trinajstić information content (AvgIpc) is 2.67. The number of carbonyl (C=O) groups is 3. The summed E-state index contributed by atoms with van der Waals surface area (Å²) in [6.45, 7) is -0.581. The molecule has 0 saturated heterocycles. The molecule has 142 valence electrons. The number of esters is 1. The van der Waals surface area contributed by atoms with Gasteiger partial charge in [0.25, 0.3) is 5.91 Å². The van der Waals surface area contributed by atoms with Gasteiger partial charge in [0.2, 0.25) is 5.91 Å². The second kappa shape index (κ2) is 9.38. The van der Waals surface area contributed by atoms with E-state index >= 15 is 0 Å². The molecule has 1 N–H and O–H groups in total. The van der Waals surface area contributed by atoms with Crippen LogP contribution in [0.25, 0.3) is 16.8 Å². The maximum absolute atomic E-state index is 11.7. The van der Waals surface area contributed by atoms with Crippen LogP contribution in [0.3, 0.4) is 0 Å². The molecule has 7 heteroatoms. The Morgan fingerprint density at radius 3 is 2.48 bits per heavy atom. The van der Waals surface area contributed by atoms with Crippen molar-refractivity contribution >= 4 is 34.6 Å². The van der Waals surface area contributed by atoms with E-state index in [9.17, 15) is 14.4 Å². The van der Waals surface area contributed by atoms with Crippen LogP contribution in [0.2, 0.25) is 0 Å². The average molecular weight is 370 g/mol. The van der Waals surface area contributed by atoms with Crippen molar-refractivity contribution in [3.8, 4) is 5.75 Å². The van der Waals surface area contributed by atoms with E-state index in [1.165, 1.54) is 11.0 Å². The number of benzene rings is 2. The summed E-state index contributed by atoms with van der Waals surface area (Å²) in [4.78, 5) is 36.0. The first-order valence-electron chi connectivity index (χ1n) is 8.28. The Morgan fingerprint density at radius 2 is 1.78 bits per heavy atom. The molecule has 0 radical (unpaired) electrons. The number of likely N-dealkylation sites (N-methyl/N-ethyl adjacent to an activating group) is 1. The highest BCUT2D eigenvalue weighted by Crippen LogP contribution is 2.22. The molecule has 2 aromatic carbocycles. The van der Waals surface area contributed by atoms with Crippen LogP contribution in [0.4, 0.5) is 0 Å². The van der Waals surface area contributed by atoms with Crippen molar-refractivity contribution in [1.82, 2.24) is 10.2 Å². The molecular formula is C20H22N2O5. The molecule has 2 rings (SSSR count). The highest BCUT2D eigenvalue weighted by atomic mass is 16.5. The lowest BCUT2D eigenvalue weighted by Gasteiger charge is -2.10. The van der Waals surface area contributed by atoms with E-state index in [2.05, 4.69) is 5.32 Å². The second-order valence-electron chi connectivity index (χ2n) is 5.98. The van der Waals surface area contributed by atoms with Crippen molar-refractivity contribution in [3.63, 3.8) is 0 Å². The van der Waals surface area contributed by atoms with Gasteiger partial charge < -0.3 is 19.7 Å². The van der Waals surface area contributed by atoms with Gasteiger partial charge in [0, 0.05) is 20.2 Å². The standard InChI is InChI=1S/C20H22N2O5/c1-22(2)19(24)12-21-18(23)13-27-20(25)9-5-14-4-6-16-11-17(26-3)8-7-15(16)10-14/h4-11H,12-13H2,1-3H3,(H,21,23)/b9-5+. The van der Waals surface area contributed by atoms with E-state index in [4.69, 9.17) is 9.47 Å². The largest absolute Gasteiger partial charge is 0.497 e. The smallest absolute Gasteiger partial charge is 0.331 e. The summed E-state index contributed by atoms with van der Waals surface area (Å²) in [5, 5.41) is 4.42. The molecule has 0 aromatic heterocycles. The predicted molar refractivity (Wildman–Crippen MR) is 102 cm³/mol. The molecule has 0 fully saturated rings. The van der Waals surface area contributed by atoms with Gasteiger partial charge in [0.1, 0.15) is 5.75 Å². The van der Waals surface area contributed by atoms with E-state index in [-0.39, 0.29) is 12.5 Å². The first kappa shape index (κ1) is 20.0. The molecule has 0 aliphatic carbocycles. The van der Waals surface area contributed by atoms with E-state index in [1.54, 1.807) is 27.3 Å². The lowest BCUT2D eigenvalue weighted by atomic mass is 10.1. The zero-order chi connectivity index (χ0) is 19.8. The van der Waals surface area contributed by atoms with Gasteiger partial charge in [-0.1, -0.05) is 18.2 Å². The fourth-order valence-electron chi connectivity index (χ4n) is 2.21. The summed E-state index contributed by atoms with van der Waals surface area (Å²) in [5.41, 5.74) is 0.825. The monoisotopic (exact) mass is 370 g/mol. The maximum Gasteiger partial charge on any atom is 0.331 e. The third-order valence-electron chi connectivity index (χ3n) is 3.76. The van der Waals surface area contributed by atoms with Gasteiger partial charge in [0.15, 0.2) is 6.61 Å². The Bertz CT molecular complexity index is 874. The first-order chi connectivity index (χ1) is 12.9. The van der Waals surface area contributed by atoms with Crippen molar-refractivity contribution in [2.24, 2.45) is 0 Å². The fourth-order valence-corrected chi connectivity index (χ4v) is 2.21.